The zero-order valence-corrected chi connectivity index (χ0v) is 8.05. The summed E-state index contributed by atoms with van der Waals surface area (Å²) < 4.78 is 1.30. The predicted octanol–water partition coefficient (Wildman–Crippen LogP) is 3.24. The lowest BCUT2D eigenvalue weighted by molar-refractivity contribution is 1.42. The van der Waals surface area contributed by atoms with E-state index in [1.165, 1.54) is 14.7 Å². The third-order valence-corrected chi connectivity index (χ3v) is 2.59. The number of aryl methyl sites for hydroxylation is 1. The summed E-state index contributed by atoms with van der Waals surface area (Å²) in [6.07, 6.45) is 1.86. The molecule has 52 valence electrons. The Labute approximate surface area is 75.1 Å². The van der Waals surface area contributed by atoms with Crippen LogP contribution in [0.25, 0.3) is 6.08 Å². The highest BCUT2D eigenvalue weighted by Crippen LogP contribution is 2.13. The predicted molar refractivity (Wildman–Crippen MR) is 54.0 cm³/mol. The number of halogens is 1. The highest BCUT2D eigenvalue weighted by Gasteiger charge is 1.92. The summed E-state index contributed by atoms with van der Waals surface area (Å²) in [5.74, 6) is 0. The van der Waals surface area contributed by atoms with Gasteiger partial charge in [-0.15, -0.1) is 0 Å². The fourth-order valence-corrected chi connectivity index (χ4v) is 1.28. The first-order valence-electron chi connectivity index (χ1n) is 3.12. The smallest absolute Gasteiger partial charge is 0.0165 e. The van der Waals surface area contributed by atoms with E-state index in [1.807, 2.05) is 6.08 Å². The quantitative estimate of drug-likeness (QED) is 0.665. The molecule has 1 aromatic rings. The lowest BCUT2D eigenvalue weighted by Crippen LogP contribution is -1.79. The van der Waals surface area contributed by atoms with Crippen LogP contribution in [0.4, 0.5) is 0 Å². The van der Waals surface area contributed by atoms with E-state index < -0.39 is 0 Å². The molecule has 0 bridgehead atoms. The summed E-state index contributed by atoms with van der Waals surface area (Å²) in [5.41, 5.74) is 2.52. The van der Waals surface area contributed by atoms with Crippen LogP contribution in [-0.4, -0.2) is 0 Å². The Balaban J connectivity index is 3.16. The van der Waals surface area contributed by atoms with Crippen LogP contribution in [0, 0.1) is 10.5 Å². The third-order valence-electron chi connectivity index (χ3n) is 1.43. The van der Waals surface area contributed by atoms with Crippen molar-refractivity contribution in [3.05, 3.63) is 39.5 Å². The normalized spacial score (nSPS) is 9.40. The first-order valence-corrected chi connectivity index (χ1v) is 4.20. The van der Waals surface area contributed by atoms with Crippen molar-refractivity contribution in [2.75, 3.05) is 0 Å². The van der Waals surface area contributed by atoms with Gasteiger partial charge in [0.05, 0.1) is 0 Å². The zero-order valence-electron chi connectivity index (χ0n) is 5.89. The van der Waals surface area contributed by atoms with Crippen molar-refractivity contribution in [3.8, 4) is 0 Å². The average molecular weight is 244 g/mol. The molecule has 0 fully saturated rings. The van der Waals surface area contributed by atoms with Crippen LogP contribution in [0.2, 0.25) is 0 Å². The molecular weight excluding hydrogens is 235 g/mol. The average Bonchev–Trinajstić information content (AvgIpc) is 1.95. The van der Waals surface area contributed by atoms with Crippen molar-refractivity contribution in [3.63, 3.8) is 0 Å². The van der Waals surface area contributed by atoms with Gasteiger partial charge in [-0.1, -0.05) is 24.8 Å². The van der Waals surface area contributed by atoms with Crippen LogP contribution >= 0.6 is 22.6 Å². The Morgan fingerprint density at radius 3 is 2.70 bits per heavy atom. The molecule has 0 aliphatic carbocycles. The Bertz CT molecular complexity index is 251. The standard InChI is InChI=1S/C9H9I/c1-3-8-5-4-7(2)9(10)6-8/h3-6H,1H2,2H3. The van der Waals surface area contributed by atoms with E-state index in [2.05, 4.69) is 54.3 Å². The maximum Gasteiger partial charge on any atom is 0.0165 e. The van der Waals surface area contributed by atoms with Gasteiger partial charge in [0.25, 0.3) is 0 Å². The van der Waals surface area contributed by atoms with Gasteiger partial charge in [0.15, 0.2) is 0 Å². The Morgan fingerprint density at radius 2 is 2.20 bits per heavy atom. The number of hydrogen-bond donors (Lipinski definition) is 0. The van der Waals surface area contributed by atoms with Crippen LogP contribution in [0.15, 0.2) is 24.8 Å². The second-order valence-corrected chi connectivity index (χ2v) is 3.37. The molecule has 1 aromatic carbocycles. The minimum atomic E-state index is 1.19. The van der Waals surface area contributed by atoms with Gasteiger partial charge in [0.2, 0.25) is 0 Å². The van der Waals surface area contributed by atoms with Gasteiger partial charge in [0, 0.05) is 3.57 Å². The van der Waals surface area contributed by atoms with Crippen LogP contribution < -0.4 is 0 Å². The molecule has 1 rings (SSSR count). The summed E-state index contributed by atoms with van der Waals surface area (Å²) in [4.78, 5) is 0. The molecule has 1 heteroatoms. The fraction of sp³-hybridized carbons (Fsp3) is 0.111. The molecular formula is C9H9I. The molecule has 0 heterocycles. The molecule has 0 saturated heterocycles. The van der Waals surface area contributed by atoms with Gasteiger partial charge in [-0.25, -0.2) is 0 Å². The second kappa shape index (κ2) is 3.19. The molecule has 0 N–H and O–H groups in total. The number of rotatable bonds is 1. The summed E-state index contributed by atoms with van der Waals surface area (Å²) in [7, 11) is 0. The Morgan fingerprint density at radius 1 is 1.50 bits per heavy atom. The minimum Gasteiger partial charge on any atom is -0.0985 e. The minimum absolute atomic E-state index is 1.19. The lowest BCUT2D eigenvalue weighted by atomic mass is 10.1. The number of hydrogen-bond acceptors (Lipinski definition) is 0. The van der Waals surface area contributed by atoms with Crippen molar-refractivity contribution in [2.24, 2.45) is 0 Å². The Kier molecular flexibility index (Phi) is 2.49. The molecule has 10 heavy (non-hydrogen) atoms. The van der Waals surface area contributed by atoms with Crippen molar-refractivity contribution in [1.29, 1.82) is 0 Å². The molecule has 0 unspecified atom stereocenters. The van der Waals surface area contributed by atoms with Crippen LogP contribution in [-0.2, 0) is 0 Å². The Hall–Kier alpha value is -0.310. The zero-order chi connectivity index (χ0) is 7.56. The van der Waals surface area contributed by atoms with Crippen molar-refractivity contribution in [2.45, 2.75) is 6.92 Å². The van der Waals surface area contributed by atoms with Gasteiger partial charge < -0.3 is 0 Å². The van der Waals surface area contributed by atoms with Crippen molar-refractivity contribution < 1.29 is 0 Å². The van der Waals surface area contributed by atoms with Crippen LogP contribution in [0.3, 0.4) is 0 Å². The molecule has 0 atom stereocenters. The SMILES string of the molecule is C=Cc1ccc(C)c(I)c1. The molecule has 0 saturated carbocycles. The van der Waals surface area contributed by atoms with E-state index in [-0.39, 0.29) is 0 Å². The maximum absolute atomic E-state index is 3.70. The molecule has 0 nitrogen and oxygen atoms in total. The monoisotopic (exact) mass is 244 g/mol. The summed E-state index contributed by atoms with van der Waals surface area (Å²) in [6, 6.07) is 6.31. The van der Waals surface area contributed by atoms with Crippen LogP contribution in [0.1, 0.15) is 11.1 Å². The molecule has 0 spiro atoms. The topological polar surface area (TPSA) is 0 Å². The molecule has 0 radical (unpaired) electrons. The fourth-order valence-electron chi connectivity index (χ4n) is 0.736. The lowest BCUT2D eigenvalue weighted by Gasteiger charge is -1.97. The van der Waals surface area contributed by atoms with Crippen LogP contribution in [0.5, 0.6) is 0 Å². The molecule has 0 amide bonds. The molecule has 0 aliphatic rings. The summed E-state index contributed by atoms with van der Waals surface area (Å²) in [6.45, 7) is 5.80. The van der Waals surface area contributed by atoms with E-state index in [9.17, 15) is 0 Å². The van der Waals surface area contributed by atoms with Gasteiger partial charge in [0.1, 0.15) is 0 Å². The highest BCUT2D eigenvalue weighted by molar-refractivity contribution is 14.1. The van der Waals surface area contributed by atoms with Crippen molar-refractivity contribution in [1.82, 2.24) is 0 Å². The van der Waals surface area contributed by atoms with Gasteiger partial charge in [-0.05, 0) is 46.7 Å². The second-order valence-electron chi connectivity index (χ2n) is 2.21. The van der Waals surface area contributed by atoms with E-state index in [1.54, 1.807) is 0 Å². The molecule has 0 aromatic heterocycles. The van der Waals surface area contributed by atoms with E-state index in [4.69, 9.17) is 0 Å². The highest BCUT2D eigenvalue weighted by atomic mass is 127. The first-order chi connectivity index (χ1) is 4.74. The van der Waals surface area contributed by atoms with E-state index in [0.29, 0.717) is 0 Å². The first kappa shape index (κ1) is 7.79. The third kappa shape index (κ3) is 1.59. The summed E-state index contributed by atoms with van der Waals surface area (Å²) >= 11 is 2.33. The molecule has 0 aliphatic heterocycles. The largest absolute Gasteiger partial charge is 0.0985 e. The van der Waals surface area contributed by atoms with Gasteiger partial charge in [-0.2, -0.15) is 0 Å². The maximum atomic E-state index is 3.70. The van der Waals surface area contributed by atoms with Gasteiger partial charge >= 0.3 is 0 Å². The van der Waals surface area contributed by atoms with E-state index in [0.717, 1.165) is 0 Å². The van der Waals surface area contributed by atoms with Crippen molar-refractivity contribution >= 4 is 28.7 Å². The van der Waals surface area contributed by atoms with Gasteiger partial charge in [-0.3, -0.25) is 0 Å². The summed E-state index contributed by atoms with van der Waals surface area (Å²) in [5, 5.41) is 0. The number of benzene rings is 1. The van der Waals surface area contributed by atoms with E-state index >= 15 is 0 Å².